The lowest BCUT2D eigenvalue weighted by Gasteiger charge is -2.32. The van der Waals surface area contributed by atoms with Crippen LogP contribution in [0.4, 0.5) is 5.69 Å². The van der Waals surface area contributed by atoms with Gasteiger partial charge in [-0.2, -0.15) is 0 Å². The molecule has 4 rings (SSSR count). The Bertz CT molecular complexity index is 1550. The van der Waals surface area contributed by atoms with E-state index in [0.29, 0.717) is 21.4 Å². The molecule has 43 heavy (non-hydrogen) atoms. The molecular weight excluding hydrogens is 613 g/mol. The molecule has 1 N–H and O–H groups in total. The number of hydrogen-bond acceptors (Lipinski definition) is 6. The number of carbonyl (C=O) groups is 2. The normalized spacial score (nSPS) is 14.2. The van der Waals surface area contributed by atoms with E-state index in [9.17, 15) is 18.0 Å². The van der Waals surface area contributed by atoms with Gasteiger partial charge in [-0.05, 0) is 61.7 Å². The molecule has 0 spiro atoms. The van der Waals surface area contributed by atoms with E-state index < -0.39 is 28.5 Å². The molecule has 3 aromatic carbocycles. The molecule has 1 aliphatic carbocycles. The van der Waals surface area contributed by atoms with Crippen molar-refractivity contribution >= 4 is 50.7 Å². The van der Waals surface area contributed by atoms with E-state index in [1.165, 1.54) is 37.3 Å². The molecular formula is C31H35Cl2N3O6S. The van der Waals surface area contributed by atoms with Crippen LogP contribution in [-0.2, 0) is 26.2 Å². The van der Waals surface area contributed by atoms with Gasteiger partial charge in [-0.1, -0.05) is 60.3 Å². The monoisotopic (exact) mass is 647 g/mol. The number of nitrogens with one attached hydrogen (secondary N) is 1. The van der Waals surface area contributed by atoms with Crippen LogP contribution in [0.5, 0.6) is 11.5 Å². The highest BCUT2D eigenvalue weighted by Crippen LogP contribution is 2.32. The molecule has 0 radical (unpaired) electrons. The zero-order valence-corrected chi connectivity index (χ0v) is 26.6. The van der Waals surface area contributed by atoms with E-state index in [-0.39, 0.29) is 34.8 Å². The summed E-state index contributed by atoms with van der Waals surface area (Å²) in [6, 6.07) is 16.5. The number of halogens is 2. The summed E-state index contributed by atoms with van der Waals surface area (Å²) in [4.78, 5) is 28.7. The lowest BCUT2D eigenvalue weighted by Crippen LogP contribution is -2.52. The van der Waals surface area contributed by atoms with Crippen LogP contribution in [0.15, 0.2) is 71.6 Å². The molecule has 0 saturated heterocycles. The third kappa shape index (κ3) is 7.74. The minimum Gasteiger partial charge on any atom is -0.493 e. The highest BCUT2D eigenvalue weighted by molar-refractivity contribution is 7.92. The first-order valence-corrected chi connectivity index (χ1v) is 16.1. The highest BCUT2D eigenvalue weighted by atomic mass is 35.5. The number of para-hydroxylation sites is 1. The largest absolute Gasteiger partial charge is 0.493 e. The Morgan fingerprint density at radius 1 is 0.953 bits per heavy atom. The van der Waals surface area contributed by atoms with E-state index in [1.54, 1.807) is 55.5 Å². The van der Waals surface area contributed by atoms with E-state index in [2.05, 4.69) is 5.32 Å². The fourth-order valence-corrected chi connectivity index (χ4v) is 6.93. The molecule has 2 amide bonds. The molecule has 1 saturated carbocycles. The maximum Gasteiger partial charge on any atom is 0.264 e. The Morgan fingerprint density at radius 2 is 1.63 bits per heavy atom. The van der Waals surface area contributed by atoms with Crippen LogP contribution < -0.4 is 19.1 Å². The molecule has 1 atom stereocenters. The predicted molar refractivity (Wildman–Crippen MR) is 167 cm³/mol. The summed E-state index contributed by atoms with van der Waals surface area (Å²) in [6.07, 6.45) is 3.81. The highest BCUT2D eigenvalue weighted by Gasteiger charge is 2.34. The van der Waals surface area contributed by atoms with Gasteiger partial charge in [0.15, 0.2) is 11.5 Å². The van der Waals surface area contributed by atoms with Gasteiger partial charge in [0.2, 0.25) is 11.8 Å². The fraction of sp³-hybridized carbons (Fsp3) is 0.355. The summed E-state index contributed by atoms with van der Waals surface area (Å²) in [7, 11) is -1.43. The second-order valence-electron chi connectivity index (χ2n) is 10.3. The van der Waals surface area contributed by atoms with Crippen molar-refractivity contribution in [3.63, 3.8) is 0 Å². The smallest absolute Gasteiger partial charge is 0.264 e. The maximum atomic E-state index is 14.1. The van der Waals surface area contributed by atoms with Crippen LogP contribution in [0.25, 0.3) is 0 Å². The lowest BCUT2D eigenvalue weighted by atomic mass is 10.1. The van der Waals surface area contributed by atoms with Gasteiger partial charge >= 0.3 is 0 Å². The lowest BCUT2D eigenvalue weighted by molar-refractivity contribution is -0.139. The quantitative estimate of drug-likeness (QED) is 0.271. The summed E-state index contributed by atoms with van der Waals surface area (Å²) in [6.45, 7) is 1.02. The number of benzene rings is 3. The van der Waals surface area contributed by atoms with Gasteiger partial charge in [0.05, 0.1) is 24.8 Å². The van der Waals surface area contributed by atoms with Crippen molar-refractivity contribution in [2.45, 2.75) is 56.1 Å². The number of hydrogen-bond donors (Lipinski definition) is 1. The first-order chi connectivity index (χ1) is 20.5. The number of carbonyl (C=O) groups excluding carboxylic acids is 2. The number of amides is 2. The van der Waals surface area contributed by atoms with Crippen LogP contribution in [0.1, 0.15) is 38.2 Å². The number of sulfonamides is 1. The van der Waals surface area contributed by atoms with Crippen LogP contribution in [0.3, 0.4) is 0 Å². The van der Waals surface area contributed by atoms with Crippen LogP contribution in [0, 0.1) is 0 Å². The van der Waals surface area contributed by atoms with Crippen LogP contribution in [-0.4, -0.2) is 58.0 Å². The number of nitrogens with zero attached hydrogens (tertiary/aromatic N) is 2. The molecule has 0 aliphatic heterocycles. The molecule has 0 aromatic heterocycles. The Kier molecular flexibility index (Phi) is 10.8. The summed E-state index contributed by atoms with van der Waals surface area (Å²) in [5.41, 5.74) is 0.840. The van der Waals surface area contributed by atoms with Crippen molar-refractivity contribution in [1.82, 2.24) is 10.2 Å². The third-order valence-electron chi connectivity index (χ3n) is 7.49. The van der Waals surface area contributed by atoms with E-state index in [0.717, 1.165) is 30.0 Å². The van der Waals surface area contributed by atoms with E-state index >= 15 is 0 Å². The topological polar surface area (TPSA) is 105 Å². The molecule has 230 valence electrons. The van der Waals surface area contributed by atoms with Crippen molar-refractivity contribution in [2.24, 2.45) is 0 Å². The van der Waals surface area contributed by atoms with Gasteiger partial charge in [0, 0.05) is 28.7 Å². The average molecular weight is 649 g/mol. The molecule has 0 heterocycles. The second-order valence-corrected chi connectivity index (χ2v) is 13.0. The average Bonchev–Trinajstić information content (AvgIpc) is 3.52. The Balaban J connectivity index is 1.71. The first kappa shape index (κ1) is 32.4. The van der Waals surface area contributed by atoms with Crippen molar-refractivity contribution in [3.8, 4) is 11.5 Å². The Morgan fingerprint density at radius 3 is 2.26 bits per heavy atom. The number of ether oxygens (including phenoxy) is 2. The standard InChI is InChI=1S/C31H35Cl2N3O6S/c1-21(31(38)34-24-9-7-8-10-24)35(19-22-13-14-23(32)17-27(22)33)30(37)20-36(25-11-5-4-6-12-25)43(39,40)26-15-16-28(41-2)29(18-26)42-3/h4-6,11-18,21,24H,7-10,19-20H2,1-3H3,(H,34,38)/t21-/m0/s1. The maximum absolute atomic E-state index is 14.1. The molecule has 9 nitrogen and oxygen atoms in total. The van der Waals surface area contributed by atoms with Gasteiger partial charge in [-0.3, -0.25) is 13.9 Å². The van der Waals surface area contributed by atoms with Crippen molar-refractivity contribution in [2.75, 3.05) is 25.1 Å². The third-order valence-corrected chi connectivity index (χ3v) is 9.85. The van der Waals surface area contributed by atoms with Crippen molar-refractivity contribution < 1.29 is 27.5 Å². The van der Waals surface area contributed by atoms with Gasteiger partial charge in [-0.15, -0.1) is 0 Å². The summed E-state index contributed by atoms with van der Waals surface area (Å²) >= 11 is 12.5. The van der Waals surface area contributed by atoms with E-state index in [1.807, 2.05) is 0 Å². The minimum absolute atomic E-state index is 0.0346. The van der Waals surface area contributed by atoms with Gasteiger partial charge in [0.25, 0.3) is 10.0 Å². The van der Waals surface area contributed by atoms with Crippen molar-refractivity contribution in [3.05, 3.63) is 82.3 Å². The minimum atomic E-state index is -4.29. The summed E-state index contributed by atoms with van der Waals surface area (Å²) < 4.78 is 39.8. The molecule has 0 bridgehead atoms. The SMILES string of the molecule is COc1ccc(S(=O)(=O)N(CC(=O)N(Cc2ccc(Cl)cc2Cl)[C@@H](C)C(=O)NC2CCCC2)c2ccccc2)cc1OC. The molecule has 1 fully saturated rings. The first-order valence-electron chi connectivity index (χ1n) is 13.9. The fourth-order valence-electron chi connectivity index (χ4n) is 5.04. The molecule has 3 aromatic rings. The zero-order valence-electron chi connectivity index (χ0n) is 24.3. The zero-order chi connectivity index (χ0) is 31.1. The predicted octanol–water partition coefficient (Wildman–Crippen LogP) is 5.68. The molecule has 1 aliphatic rings. The summed E-state index contributed by atoms with van der Waals surface area (Å²) in [5.74, 6) is -0.330. The van der Waals surface area contributed by atoms with E-state index in [4.69, 9.17) is 32.7 Å². The number of anilines is 1. The summed E-state index contributed by atoms with van der Waals surface area (Å²) in [5, 5.41) is 3.79. The molecule has 0 unspecified atom stereocenters. The van der Waals surface area contributed by atoms with Gasteiger partial charge in [-0.25, -0.2) is 8.42 Å². The molecule has 12 heteroatoms. The van der Waals surface area contributed by atoms with Crippen LogP contribution >= 0.6 is 23.2 Å². The Labute approximate surface area is 262 Å². The van der Waals surface area contributed by atoms with Gasteiger partial charge < -0.3 is 19.7 Å². The van der Waals surface area contributed by atoms with Gasteiger partial charge in [0.1, 0.15) is 12.6 Å². The van der Waals surface area contributed by atoms with Crippen molar-refractivity contribution in [1.29, 1.82) is 0 Å². The Hall–Kier alpha value is -3.47. The number of rotatable bonds is 12. The second kappa shape index (κ2) is 14.3. The number of methoxy groups -OCH3 is 2. The van der Waals surface area contributed by atoms with Crippen LogP contribution in [0.2, 0.25) is 10.0 Å².